The largest absolute Gasteiger partial charge is 0.368 e. The van der Waals surface area contributed by atoms with Crippen molar-refractivity contribution in [1.29, 1.82) is 0 Å². The first-order chi connectivity index (χ1) is 7.66. The van der Waals surface area contributed by atoms with Crippen molar-refractivity contribution in [3.05, 3.63) is 18.0 Å². The molecule has 0 saturated carbocycles. The highest BCUT2D eigenvalue weighted by molar-refractivity contribution is 5.73. The molecule has 0 unspecified atom stereocenters. The monoisotopic (exact) mass is 220 g/mol. The van der Waals surface area contributed by atoms with Crippen molar-refractivity contribution in [3.8, 4) is 0 Å². The van der Waals surface area contributed by atoms with Gasteiger partial charge in [-0.2, -0.15) is 0 Å². The third kappa shape index (κ3) is 2.29. The summed E-state index contributed by atoms with van der Waals surface area (Å²) >= 11 is 0. The lowest BCUT2D eigenvalue weighted by Gasteiger charge is -2.31. The predicted octanol–water partition coefficient (Wildman–Crippen LogP) is 0.785. The second-order valence-electron chi connectivity index (χ2n) is 4.14. The van der Waals surface area contributed by atoms with Gasteiger partial charge in [0.05, 0.1) is 5.69 Å². The van der Waals surface area contributed by atoms with Crippen molar-refractivity contribution in [3.63, 3.8) is 0 Å². The fourth-order valence-electron chi connectivity index (χ4n) is 2.12. The molecule has 1 aliphatic rings. The number of carbonyl (C=O) groups excluding carboxylic acids is 1. The molecule has 5 nitrogen and oxygen atoms in total. The molecular weight excluding hydrogens is 204 g/mol. The molecule has 0 radical (unpaired) electrons. The van der Waals surface area contributed by atoms with Crippen molar-refractivity contribution in [1.82, 2.24) is 14.9 Å². The van der Waals surface area contributed by atoms with Crippen LogP contribution >= 0.6 is 0 Å². The van der Waals surface area contributed by atoms with Crippen LogP contribution in [0.3, 0.4) is 0 Å². The number of hydrogen-bond donors (Lipinski definition) is 1. The van der Waals surface area contributed by atoms with E-state index in [2.05, 4.69) is 9.97 Å². The van der Waals surface area contributed by atoms with Gasteiger partial charge in [0, 0.05) is 32.1 Å². The van der Waals surface area contributed by atoms with E-state index in [-0.39, 0.29) is 5.91 Å². The quantitative estimate of drug-likeness (QED) is 0.759. The van der Waals surface area contributed by atoms with Crippen LogP contribution in [0.4, 0.5) is 5.95 Å². The van der Waals surface area contributed by atoms with Gasteiger partial charge in [0.1, 0.15) is 0 Å². The number of rotatable bonds is 1. The molecule has 86 valence electrons. The van der Waals surface area contributed by atoms with Crippen LogP contribution in [-0.2, 0) is 4.79 Å². The molecule has 5 heteroatoms. The molecule has 1 aliphatic heterocycles. The molecule has 1 amide bonds. The van der Waals surface area contributed by atoms with E-state index in [0.717, 1.165) is 31.6 Å². The van der Waals surface area contributed by atoms with E-state index in [1.807, 2.05) is 11.0 Å². The summed E-state index contributed by atoms with van der Waals surface area (Å²) in [7, 11) is 0. The molecule has 2 N–H and O–H groups in total. The Morgan fingerprint density at radius 2 is 2.44 bits per heavy atom. The summed E-state index contributed by atoms with van der Waals surface area (Å²) in [5.41, 5.74) is 6.50. The molecule has 0 bridgehead atoms. The molecule has 2 rings (SSSR count). The van der Waals surface area contributed by atoms with Gasteiger partial charge in [-0.25, -0.2) is 9.97 Å². The first-order valence-electron chi connectivity index (χ1n) is 5.51. The number of anilines is 1. The Labute approximate surface area is 94.7 Å². The van der Waals surface area contributed by atoms with Crippen molar-refractivity contribution < 1.29 is 4.79 Å². The van der Waals surface area contributed by atoms with E-state index in [1.54, 1.807) is 13.1 Å². The Hall–Kier alpha value is -1.65. The Kier molecular flexibility index (Phi) is 3.03. The van der Waals surface area contributed by atoms with E-state index < -0.39 is 0 Å². The summed E-state index contributed by atoms with van der Waals surface area (Å²) in [5.74, 6) is 0.729. The Bertz CT molecular complexity index is 393. The summed E-state index contributed by atoms with van der Waals surface area (Å²) in [4.78, 5) is 21.3. The van der Waals surface area contributed by atoms with E-state index >= 15 is 0 Å². The van der Waals surface area contributed by atoms with Gasteiger partial charge in [-0.05, 0) is 18.9 Å². The zero-order chi connectivity index (χ0) is 11.5. The van der Waals surface area contributed by atoms with Gasteiger partial charge < -0.3 is 10.6 Å². The van der Waals surface area contributed by atoms with Crippen LogP contribution in [0.25, 0.3) is 0 Å². The average Bonchev–Trinajstić information content (AvgIpc) is 2.29. The van der Waals surface area contributed by atoms with Crippen molar-refractivity contribution in [2.45, 2.75) is 25.7 Å². The number of likely N-dealkylation sites (tertiary alicyclic amines) is 1. The van der Waals surface area contributed by atoms with Crippen molar-refractivity contribution in [2.24, 2.45) is 0 Å². The smallest absolute Gasteiger partial charge is 0.220 e. The molecule has 1 saturated heterocycles. The maximum atomic E-state index is 11.3. The summed E-state index contributed by atoms with van der Waals surface area (Å²) in [5, 5.41) is 0. The zero-order valence-electron chi connectivity index (χ0n) is 9.39. The lowest BCUT2D eigenvalue weighted by molar-refractivity contribution is -0.130. The second kappa shape index (κ2) is 4.47. The van der Waals surface area contributed by atoms with E-state index in [0.29, 0.717) is 11.9 Å². The summed E-state index contributed by atoms with van der Waals surface area (Å²) in [6.07, 6.45) is 3.75. The minimum Gasteiger partial charge on any atom is -0.368 e. The highest BCUT2D eigenvalue weighted by Crippen LogP contribution is 2.25. The van der Waals surface area contributed by atoms with E-state index in [1.165, 1.54) is 0 Å². The number of nitrogen functional groups attached to an aromatic ring is 1. The number of amides is 1. The number of aromatic nitrogens is 2. The molecule has 0 spiro atoms. The standard InChI is InChI=1S/C11H16N4O/c1-8(16)15-6-2-3-9(7-15)10-4-5-13-11(12)14-10/h4-5,9H,2-3,6-7H2,1H3,(H2,12,13,14)/t9-/m0/s1. The van der Waals surface area contributed by atoms with Crippen LogP contribution in [0.15, 0.2) is 12.3 Å². The fourth-order valence-corrected chi connectivity index (χ4v) is 2.12. The Balaban J connectivity index is 2.12. The van der Waals surface area contributed by atoms with Crippen LogP contribution in [0.5, 0.6) is 0 Å². The minimum absolute atomic E-state index is 0.131. The normalized spacial score (nSPS) is 20.8. The Morgan fingerprint density at radius 1 is 1.62 bits per heavy atom. The highest BCUT2D eigenvalue weighted by atomic mass is 16.2. The maximum Gasteiger partial charge on any atom is 0.220 e. The van der Waals surface area contributed by atoms with Crippen molar-refractivity contribution in [2.75, 3.05) is 18.8 Å². The lowest BCUT2D eigenvalue weighted by Crippen LogP contribution is -2.37. The summed E-state index contributed by atoms with van der Waals surface area (Å²) in [6, 6.07) is 1.88. The number of nitrogens with zero attached hydrogens (tertiary/aromatic N) is 3. The van der Waals surface area contributed by atoms with Crippen LogP contribution in [0.1, 0.15) is 31.4 Å². The molecule has 1 aromatic heterocycles. The second-order valence-corrected chi connectivity index (χ2v) is 4.14. The molecular formula is C11H16N4O. The third-order valence-corrected chi connectivity index (χ3v) is 2.98. The SMILES string of the molecule is CC(=O)N1CCC[C@H](c2ccnc(N)n2)C1. The Morgan fingerprint density at radius 3 is 3.12 bits per heavy atom. The van der Waals surface area contributed by atoms with Gasteiger partial charge in [-0.3, -0.25) is 4.79 Å². The summed E-state index contributed by atoms with van der Waals surface area (Å²) in [6.45, 7) is 3.20. The first-order valence-corrected chi connectivity index (χ1v) is 5.51. The van der Waals surface area contributed by atoms with Crippen LogP contribution < -0.4 is 5.73 Å². The molecule has 1 fully saturated rings. The minimum atomic E-state index is 0.131. The summed E-state index contributed by atoms with van der Waals surface area (Å²) < 4.78 is 0. The maximum absolute atomic E-state index is 11.3. The number of carbonyl (C=O) groups is 1. The van der Waals surface area contributed by atoms with Gasteiger partial charge in [0.15, 0.2) is 0 Å². The predicted molar refractivity (Wildman–Crippen MR) is 60.7 cm³/mol. The van der Waals surface area contributed by atoms with Crippen LogP contribution in [-0.4, -0.2) is 33.9 Å². The molecule has 0 aliphatic carbocycles. The molecule has 0 aromatic carbocycles. The van der Waals surface area contributed by atoms with Gasteiger partial charge in [0.2, 0.25) is 11.9 Å². The zero-order valence-corrected chi connectivity index (χ0v) is 9.39. The number of nitrogens with two attached hydrogens (primary N) is 1. The van der Waals surface area contributed by atoms with Gasteiger partial charge in [-0.1, -0.05) is 0 Å². The molecule has 1 aromatic rings. The average molecular weight is 220 g/mol. The number of piperidine rings is 1. The molecule has 16 heavy (non-hydrogen) atoms. The van der Waals surface area contributed by atoms with Gasteiger partial charge in [0.25, 0.3) is 0 Å². The fraction of sp³-hybridized carbons (Fsp3) is 0.545. The number of hydrogen-bond acceptors (Lipinski definition) is 4. The van der Waals surface area contributed by atoms with Gasteiger partial charge in [-0.15, -0.1) is 0 Å². The topological polar surface area (TPSA) is 72.1 Å². The lowest BCUT2D eigenvalue weighted by atomic mass is 9.94. The first kappa shape index (κ1) is 10.9. The van der Waals surface area contributed by atoms with Crippen LogP contribution in [0, 0.1) is 0 Å². The van der Waals surface area contributed by atoms with E-state index in [9.17, 15) is 4.79 Å². The molecule has 2 heterocycles. The molecule has 1 atom stereocenters. The van der Waals surface area contributed by atoms with Crippen molar-refractivity contribution >= 4 is 11.9 Å². The van der Waals surface area contributed by atoms with Gasteiger partial charge >= 0.3 is 0 Å². The van der Waals surface area contributed by atoms with E-state index in [4.69, 9.17) is 5.73 Å². The van der Waals surface area contributed by atoms with Crippen LogP contribution in [0.2, 0.25) is 0 Å². The third-order valence-electron chi connectivity index (χ3n) is 2.98. The highest BCUT2D eigenvalue weighted by Gasteiger charge is 2.23.